The van der Waals surface area contributed by atoms with Gasteiger partial charge >= 0.3 is 0 Å². The minimum atomic E-state index is -3.51. The second-order valence-electron chi connectivity index (χ2n) is 5.98. The van der Waals surface area contributed by atoms with E-state index >= 15 is 0 Å². The number of carbonyl (C=O) groups is 2. The second-order valence-corrected chi connectivity index (χ2v) is 7.96. The highest BCUT2D eigenvalue weighted by Crippen LogP contribution is 2.13. The number of hydrogen-bond acceptors (Lipinski definition) is 4. The third-order valence-electron chi connectivity index (χ3n) is 4.20. The van der Waals surface area contributed by atoms with E-state index in [9.17, 15) is 18.0 Å². The molecule has 0 aliphatic carbocycles. The number of piperazine rings is 1. The Kier molecular flexibility index (Phi) is 5.95. The van der Waals surface area contributed by atoms with E-state index in [2.05, 4.69) is 0 Å². The van der Waals surface area contributed by atoms with Crippen LogP contribution in [0.5, 0.6) is 0 Å². The highest BCUT2D eigenvalue weighted by Gasteiger charge is 2.26. The van der Waals surface area contributed by atoms with E-state index in [0.717, 1.165) is 23.8 Å². The molecule has 1 aliphatic heterocycles. The Morgan fingerprint density at radius 1 is 1.21 bits per heavy atom. The lowest BCUT2D eigenvalue weighted by molar-refractivity contribution is -0.135. The first kappa shape index (κ1) is 18.4. The van der Waals surface area contributed by atoms with E-state index in [1.54, 1.807) is 9.80 Å². The highest BCUT2D eigenvalue weighted by molar-refractivity contribution is 7.88. The molecule has 0 aromatic heterocycles. The Bertz CT molecular complexity index is 697. The molecule has 1 heterocycles. The van der Waals surface area contributed by atoms with Crippen molar-refractivity contribution in [2.75, 3.05) is 39.0 Å². The number of amides is 2. The lowest BCUT2D eigenvalue weighted by Gasteiger charge is -2.33. The van der Waals surface area contributed by atoms with Crippen LogP contribution >= 0.6 is 0 Å². The molecular weight excluding hydrogens is 330 g/mol. The number of sulfonamides is 1. The molecule has 0 N–H and O–H groups in total. The van der Waals surface area contributed by atoms with Crippen molar-refractivity contribution in [3.8, 4) is 0 Å². The van der Waals surface area contributed by atoms with Crippen LogP contribution in [-0.2, 0) is 26.2 Å². The molecule has 132 valence electrons. The number of carbonyl (C=O) groups excluding carboxylic acids is 2. The summed E-state index contributed by atoms with van der Waals surface area (Å²) in [5.74, 6) is -0.237. The van der Waals surface area contributed by atoms with Gasteiger partial charge in [0.1, 0.15) is 0 Å². The maximum Gasteiger partial charge on any atom is 0.238 e. The summed E-state index contributed by atoms with van der Waals surface area (Å²) in [7, 11) is -3.51. The first-order valence-electron chi connectivity index (χ1n) is 7.78. The van der Waals surface area contributed by atoms with E-state index in [4.69, 9.17) is 0 Å². The zero-order valence-electron chi connectivity index (χ0n) is 14.0. The Labute approximate surface area is 142 Å². The largest absolute Gasteiger partial charge is 0.342 e. The molecule has 1 aromatic carbocycles. The van der Waals surface area contributed by atoms with E-state index in [1.807, 2.05) is 31.2 Å². The van der Waals surface area contributed by atoms with Gasteiger partial charge in [-0.15, -0.1) is 0 Å². The van der Waals surface area contributed by atoms with E-state index in [0.29, 0.717) is 26.2 Å². The zero-order chi connectivity index (χ0) is 17.7. The Balaban J connectivity index is 2.06. The van der Waals surface area contributed by atoms with Gasteiger partial charge < -0.3 is 9.80 Å². The van der Waals surface area contributed by atoms with Crippen LogP contribution in [0.2, 0.25) is 0 Å². The van der Waals surface area contributed by atoms with Crippen LogP contribution in [0.4, 0.5) is 0 Å². The summed E-state index contributed by atoms with van der Waals surface area (Å²) >= 11 is 0. The topological polar surface area (TPSA) is 78.0 Å². The van der Waals surface area contributed by atoms with Crippen LogP contribution in [0.25, 0.3) is 0 Å². The summed E-state index contributed by atoms with van der Waals surface area (Å²) in [6.07, 6.45) is 1.88. The Morgan fingerprint density at radius 3 is 2.38 bits per heavy atom. The van der Waals surface area contributed by atoms with Crippen LogP contribution in [-0.4, -0.2) is 73.8 Å². The zero-order valence-corrected chi connectivity index (χ0v) is 14.8. The van der Waals surface area contributed by atoms with Crippen LogP contribution in [0.1, 0.15) is 11.1 Å². The van der Waals surface area contributed by atoms with E-state index in [1.165, 1.54) is 4.31 Å². The van der Waals surface area contributed by atoms with Gasteiger partial charge in [-0.2, -0.15) is 4.31 Å². The van der Waals surface area contributed by atoms with Crippen molar-refractivity contribution >= 4 is 22.3 Å². The molecule has 2 amide bonds. The second kappa shape index (κ2) is 7.76. The summed E-state index contributed by atoms with van der Waals surface area (Å²) in [5, 5.41) is 0. The van der Waals surface area contributed by atoms with Crippen LogP contribution in [0.3, 0.4) is 0 Å². The summed E-state index contributed by atoms with van der Waals surface area (Å²) in [5.41, 5.74) is 1.86. The fraction of sp³-hybridized carbons (Fsp3) is 0.500. The van der Waals surface area contributed by atoms with Gasteiger partial charge in [-0.3, -0.25) is 9.59 Å². The van der Waals surface area contributed by atoms with Crippen molar-refractivity contribution in [1.29, 1.82) is 0 Å². The number of hydrogen-bond donors (Lipinski definition) is 0. The maximum absolute atomic E-state index is 12.4. The monoisotopic (exact) mass is 353 g/mol. The summed E-state index contributed by atoms with van der Waals surface area (Å²) in [4.78, 5) is 26.4. The molecule has 0 saturated carbocycles. The van der Waals surface area contributed by atoms with Gasteiger partial charge in [0.05, 0.1) is 12.8 Å². The Hall–Kier alpha value is -1.93. The average Bonchev–Trinajstić information content (AvgIpc) is 2.55. The number of rotatable bonds is 6. The van der Waals surface area contributed by atoms with Gasteiger partial charge in [0, 0.05) is 32.7 Å². The minimum Gasteiger partial charge on any atom is -0.342 e. The van der Waals surface area contributed by atoms with Crippen LogP contribution in [0, 0.1) is 6.92 Å². The van der Waals surface area contributed by atoms with Gasteiger partial charge in [-0.25, -0.2) is 8.42 Å². The summed E-state index contributed by atoms with van der Waals surface area (Å²) < 4.78 is 25.3. The van der Waals surface area contributed by atoms with Crippen molar-refractivity contribution < 1.29 is 18.0 Å². The van der Waals surface area contributed by atoms with E-state index < -0.39 is 10.0 Å². The molecule has 1 fully saturated rings. The van der Waals surface area contributed by atoms with Crippen LogP contribution < -0.4 is 0 Å². The fourth-order valence-corrected chi connectivity index (χ4v) is 3.31. The molecule has 1 saturated heterocycles. The average molecular weight is 353 g/mol. The quantitative estimate of drug-likeness (QED) is 0.678. The van der Waals surface area contributed by atoms with Crippen molar-refractivity contribution in [3.05, 3.63) is 35.4 Å². The van der Waals surface area contributed by atoms with Crippen molar-refractivity contribution in [2.45, 2.75) is 13.5 Å². The molecule has 0 radical (unpaired) electrons. The fourth-order valence-electron chi connectivity index (χ4n) is 2.60. The molecule has 1 aliphatic rings. The van der Waals surface area contributed by atoms with Gasteiger partial charge in [0.15, 0.2) is 0 Å². The number of nitrogens with zero attached hydrogens (tertiary/aromatic N) is 3. The SMILES string of the molecule is Cc1ccccc1CN(CC(=O)N1CCN(C=O)CC1)S(C)(=O)=O. The molecule has 2 rings (SSSR count). The lowest BCUT2D eigenvalue weighted by Crippen LogP contribution is -2.51. The molecule has 0 spiro atoms. The van der Waals surface area contributed by atoms with Crippen molar-refractivity contribution in [1.82, 2.24) is 14.1 Å². The minimum absolute atomic E-state index is 0.172. The van der Waals surface area contributed by atoms with Crippen LogP contribution in [0.15, 0.2) is 24.3 Å². The predicted molar refractivity (Wildman–Crippen MR) is 90.6 cm³/mol. The molecule has 0 unspecified atom stereocenters. The molecule has 24 heavy (non-hydrogen) atoms. The Morgan fingerprint density at radius 2 is 1.83 bits per heavy atom. The molecule has 0 bridgehead atoms. The third kappa shape index (κ3) is 4.78. The smallest absolute Gasteiger partial charge is 0.238 e. The van der Waals surface area contributed by atoms with Crippen molar-refractivity contribution in [3.63, 3.8) is 0 Å². The molecule has 0 atom stereocenters. The summed E-state index contributed by atoms with van der Waals surface area (Å²) in [6, 6.07) is 7.52. The standard InChI is InChI=1S/C16H23N3O4S/c1-14-5-3-4-6-15(14)11-19(24(2,22)23)12-16(21)18-9-7-17(13-20)8-10-18/h3-6,13H,7-12H2,1-2H3. The lowest BCUT2D eigenvalue weighted by atomic mass is 10.1. The van der Waals surface area contributed by atoms with Gasteiger partial charge in [-0.05, 0) is 18.1 Å². The van der Waals surface area contributed by atoms with Gasteiger partial charge in [-0.1, -0.05) is 24.3 Å². The number of benzene rings is 1. The predicted octanol–water partition coefficient (Wildman–Crippen LogP) is 0.0572. The van der Waals surface area contributed by atoms with E-state index in [-0.39, 0.29) is 19.0 Å². The molecule has 7 nitrogen and oxygen atoms in total. The van der Waals surface area contributed by atoms with Crippen molar-refractivity contribution in [2.24, 2.45) is 0 Å². The molecular formula is C16H23N3O4S. The third-order valence-corrected chi connectivity index (χ3v) is 5.40. The van der Waals surface area contributed by atoms with Gasteiger partial charge in [0.25, 0.3) is 0 Å². The first-order chi connectivity index (χ1) is 11.3. The summed E-state index contributed by atoms with van der Waals surface area (Å²) in [6.45, 7) is 3.72. The molecule has 1 aromatic rings. The highest BCUT2D eigenvalue weighted by atomic mass is 32.2. The van der Waals surface area contributed by atoms with Gasteiger partial charge in [0.2, 0.25) is 22.3 Å². The first-order valence-corrected chi connectivity index (χ1v) is 9.63. The molecule has 8 heteroatoms. The maximum atomic E-state index is 12.4. The normalized spacial score (nSPS) is 15.6. The number of aryl methyl sites for hydroxylation is 1.